The number of nitrogens with one attached hydrogen (secondary N) is 2. The van der Waals surface area contributed by atoms with E-state index in [1.165, 1.54) is 18.2 Å². The van der Waals surface area contributed by atoms with Crippen LogP contribution in [0.25, 0.3) is 11.3 Å². The summed E-state index contributed by atoms with van der Waals surface area (Å²) in [4.78, 5) is 21.7. The fourth-order valence-corrected chi connectivity index (χ4v) is 4.35. The Balaban J connectivity index is 1.27. The van der Waals surface area contributed by atoms with Gasteiger partial charge in [0.25, 0.3) is 0 Å². The molecule has 10 heteroatoms. The van der Waals surface area contributed by atoms with Crippen LogP contribution in [-0.4, -0.2) is 58.9 Å². The summed E-state index contributed by atoms with van der Waals surface area (Å²) < 4.78 is 22.2. The molecule has 0 aliphatic carbocycles. The molecular weight excluding hydrogens is 485 g/mol. The smallest absolute Gasteiger partial charge is 0.323 e. The minimum atomic E-state index is -0.569. The summed E-state index contributed by atoms with van der Waals surface area (Å²) in [6.07, 6.45) is 5.20. The zero-order valence-corrected chi connectivity index (χ0v) is 21.6. The maximum Gasteiger partial charge on any atom is 0.323 e. The maximum absolute atomic E-state index is 14.6. The monoisotopic (exact) mass is 515 g/mol. The lowest BCUT2D eigenvalue weighted by molar-refractivity contribution is 0.262. The Morgan fingerprint density at radius 1 is 0.974 bits per heavy atom. The number of urea groups is 1. The molecular formula is C28H30FN7O2. The number of nitrogens with zero attached hydrogens (tertiary/aromatic N) is 5. The number of carbonyl (C=O) groups is 1. The first-order valence-corrected chi connectivity index (χ1v) is 12.4. The first-order valence-electron chi connectivity index (χ1n) is 12.4. The van der Waals surface area contributed by atoms with E-state index in [4.69, 9.17) is 4.74 Å². The zero-order valence-electron chi connectivity index (χ0n) is 21.6. The van der Waals surface area contributed by atoms with Crippen LogP contribution in [0.3, 0.4) is 0 Å². The Morgan fingerprint density at radius 3 is 2.53 bits per heavy atom. The maximum atomic E-state index is 14.6. The molecule has 1 aliphatic heterocycles. The molecule has 38 heavy (non-hydrogen) atoms. The normalized spacial score (nSPS) is 13.8. The molecule has 1 saturated heterocycles. The van der Waals surface area contributed by atoms with Gasteiger partial charge in [0.1, 0.15) is 17.3 Å². The van der Waals surface area contributed by atoms with Gasteiger partial charge in [0.15, 0.2) is 0 Å². The summed E-state index contributed by atoms with van der Waals surface area (Å²) in [5, 5.41) is 9.60. The number of aromatic nitrogens is 3. The van der Waals surface area contributed by atoms with Gasteiger partial charge in [-0.05, 0) is 55.9 Å². The summed E-state index contributed by atoms with van der Waals surface area (Å²) in [5.74, 6) is 0.329. The van der Waals surface area contributed by atoms with Crippen molar-refractivity contribution in [3.8, 4) is 22.8 Å². The number of halogens is 1. The van der Waals surface area contributed by atoms with Crippen LogP contribution in [0.1, 0.15) is 5.56 Å². The van der Waals surface area contributed by atoms with Crippen molar-refractivity contribution < 1.29 is 13.9 Å². The van der Waals surface area contributed by atoms with Crippen LogP contribution in [0.5, 0.6) is 11.5 Å². The molecule has 3 heterocycles. The lowest BCUT2D eigenvalue weighted by Crippen LogP contribution is -2.44. The van der Waals surface area contributed by atoms with Gasteiger partial charge in [-0.3, -0.25) is 9.67 Å². The Labute approximate surface area is 220 Å². The molecule has 2 aromatic carbocycles. The number of piperazine rings is 1. The third kappa shape index (κ3) is 6.09. The van der Waals surface area contributed by atoms with Gasteiger partial charge in [-0.1, -0.05) is 0 Å². The Hall–Kier alpha value is -4.44. The molecule has 0 atom stereocenters. The number of hydrogen-bond acceptors (Lipinski definition) is 6. The molecule has 1 fully saturated rings. The topological polar surface area (TPSA) is 87.5 Å². The average molecular weight is 516 g/mol. The predicted molar refractivity (Wildman–Crippen MR) is 146 cm³/mol. The fraction of sp³-hybridized carbons (Fsp3) is 0.250. The highest BCUT2D eigenvalue weighted by molar-refractivity contribution is 6.00. The van der Waals surface area contributed by atoms with E-state index in [2.05, 4.69) is 43.6 Å². The van der Waals surface area contributed by atoms with E-state index in [0.29, 0.717) is 22.9 Å². The van der Waals surface area contributed by atoms with Crippen molar-refractivity contribution >= 4 is 23.1 Å². The van der Waals surface area contributed by atoms with Crippen molar-refractivity contribution in [2.75, 3.05) is 48.8 Å². The Bertz CT molecular complexity index is 1450. The van der Waals surface area contributed by atoms with Gasteiger partial charge in [0.2, 0.25) is 0 Å². The van der Waals surface area contributed by atoms with Crippen LogP contribution in [0, 0.1) is 12.7 Å². The largest absolute Gasteiger partial charge is 0.457 e. The van der Waals surface area contributed by atoms with Gasteiger partial charge in [-0.15, -0.1) is 0 Å². The molecule has 4 aromatic rings. The number of rotatable bonds is 6. The molecule has 0 saturated carbocycles. The quantitative estimate of drug-likeness (QED) is 0.371. The first kappa shape index (κ1) is 25.2. The number of carbonyl (C=O) groups excluding carboxylic acids is 1. The molecule has 5 rings (SSSR count). The predicted octanol–water partition coefficient (Wildman–Crippen LogP) is 5.12. The van der Waals surface area contributed by atoms with Crippen LogP contribution in [-0.2, 0) is 7.05 Å². The number of hydrogen-bond donors (Lipinski definition) is 2. The van der Waals surface area contributed by atoms with Crippen molar-refractivity contribution in [2.24, 2.45) is 7.05 Å². The summed E-state index contributed by atoms with van der Waals surface area (Å²) in [5.41, 5.74) is 4.28. The lowest BCUT2D eigenvalue weighted by Gasteiger charge is -2.34. The van der Waals surface area contributed by atoms with Gasteiger partial charge in [0.05, 0.1) is 17.6 Å². The summed E-state index contributed by atoms with van der Waals surface area (Å²) >= 11 is 0. The van der Waals surface area contributed by atoms with E-state index < -0.39 is 11.8 Å². The standard InChI is InChI=1S/C28H30FN7O2/c1-19-12-21(14-22(13-19)36-10-8-34(2)9-11-36)32-28(37)33-27-16-23(4-5-25(27)29)38-24-6-7-30-26(15-24)20-17-31-35(3)18-20/h4-7,12-18H,8-11H2,1-3H3,(H2,32,33,37). The number of benzene rings is 2. The fourth-order valence-electron chi connectivity index (χ4n) is 4.35. The molecule has 196 valence electrons. The number of likely N-dealkylation sites (N-methyl/N-ethyl adjacent to an activating group) is 1. The highest BCUT2D eigenvalue weighted by atomic mass is 19.1. The molecule has 2 N–H and O–H groups in total. The average Bonchev–Trinajstić information content (AvgIpc) is 3.32. The van der Waals surface area contributed by atoms with E-state index in [1.54, 1.807) is 29.2 Å². The SMILES string of the molecule is Cc1cc(NC(=O)Nc2cc(Oc3ccnc(-c4cnn(C)c4)c3)ccc2F)cc(N2CCN(C)CC2)c1. The zero-order chi connectivity index (χ0) is 26.6. The second kappa shape index (κ2) is 10.9. The Morgan fingerprint density at radius 2 is 1.76 bits per heavy atom. The summed E-state index contributed by atoms with van der Waals surface area (Å²) in [7, 11) is 3.94. The second-order valence-electron chi connectivity index (χ2n) is 9.45. The van der Waals surface area contributed by atoms with Crippen LogP contribution in [0.2, 0.25) is 0 Å². The minimum Gasteiger partial charge on any atom is -0.457 e. The molecule has 9 nitrogen and oxygen atoms in total. The summed E-state index contributed by atoms with van der Waals surface area (Å²) in [6.45, 7) is 5.80. The number of aryl methyl sites for hydroxylation is 2. The molecule has 1 aliphatic rings. The number of amides is 2. The van der Waals surface area contributed by atoms with Crippen LogP contribution < -0.4 is 20.3 Å². The highest BCUT2D eigenvalue weighted by Crippen LogP contribution is 2.29. The van der Waals surface area contributed by atoms with Crippen molar-refractivity contribution in [1.82, 2.24) is 19.7 Å². The van der Waals surface area contributed by atoms with Crippen LogP contribution in [0.4, 0.5) is 26.2 Å². The summed E-state index contributed by atoms with van der Waals surface area (Å²) in [6, 6.07) is 13.1. The Kier molecular flexibility index (Phi) is 7.23. The van der Waals surface area contributed by atoms with Crippen molar-refractivity contribution in [3.05, 3.63) is 78.5 Å². The third-order valence-corrected chi connectivity index (χ3v) is 6.34. The molecule has 0 unspecified atom stereocenters. The molecule has 2 aromatic heterocycles. The van der Waals surface area contributed by atoms with Crippen molar-refractivity contribution in [1.29, 1.82) is 0 Å². The van der Waals surface area contributed by atoms with E-state index >= 15 is 0 Å². The van der Waals surface area contributed by atoms with Crippen molar-refractivity contribution in [3.63, 3.8) is 0 Å². The van der Waals surface area contributed by atoms with Crippen LogP contribution >= 0.6 is 0 Å². The molecule has 0 radical (unpaired) electrons. The van der Waals surface area contributed by atoms with Gasteiger partial charge in [0, 0.05) is 74.7 Å². The van der Waals surface area contributed by atoms with E-state index in [1.807, 2.05) is 32.3 Å². The molecule has 0 bridgehead atoms. The third-order valence-electron chi connectivity index (χ3n) is 6.34. The number of anilines is 3. The highest BCUT2D eigenvalue weighted by Gasteiger charge is 2.16. The van der Waals surface area contributed by atoms with Gasteiger partial charge in [-0.25, -0.2) is 9.18 Å². The lowest BCUT2D eigenvalue weighted by atomic mass is 10.1. The van der Waals surface area contributed by atoms with Gasteiger partial charge in [-0.2, -0.15) is 5.10 Å². The second-order valence-corrected chi connectivity index (χ2v) is 9.45. The first-order chi connectivity index (χ1) is 18.3. The van der Waals surface area contributed by atoms with Gasteiger partial charge < -0.3 is 25.2 Å². The van der Waals surface area contributed by atoms with Gasteiger partial charge >= 0.3 is 6.03 Å². The molecule has 0 spiro atoms. The number of ether oxygens (including phenoxy) is 1. The van der Waals surface area contributed by atoms with Crippen LogP contribution in [0.15, 0.2) is 67.1 Å². The van der Waals surface area contributed by atoms with E-state index in [9.17, 15) is 9.18 Å². The minimum absolute atomic E-state index is 0.00785. The number of pyridine rings is 1. The molecule has 2 amide bonds. The van der Waals surface area contributed by atoms with E-state index in [0.717, 1.165) is 43.0 Å². The van der Waals surface area contributed by atoms with Crippen molar-refractivity contribution in [2.45, 2.75) is 6.92 Å². The van der Waals surface area contributed by atoms with E-state index in [-0.39, 0.29) is 5.69 Å².